The SMILES string of the molecule is O=P(O)(O)OCc1ccccc1.[H-].[H-].[H-].[K+].[K+].[K+]. The van der Waals surface area contributed by atoms with Crippen LogP contribution in [0.25, 0.3) is 0 Å². The molecule has 1 aromatic carbocycles. The Labute approximate surface area is 221 Å². The van der Waals surface area contributed by atoms with Crippen LogP contribution in [0.15, 0.2) is 30.3 Å². The third-order valence-electron chi connectivity index (χ3n) is 1.24. The van der Waals surface area contributed by atoms with Crippen molar-refractivity contribution in [1.82, 2.24) is 0 Å². The molecule has 0 atom stereocenters. The van der Waals surface area contributed by atoms with Crippen LogP contribution in [-0.2, 0) is 15.7 Å². The second kappa shape index (κ2) is 13.2. The van der Waals surface area contributed by atoms with E-state index in [0.717, 1.165) is 5.56 Å². The summed E-state index contributed by atoms with van der Waals surface area (Å²) in [6.45, 7) is -0.0644. The van der Waals surface area contributed by atoms with Gasteiger partial charge in [0.05, 0.1) is 6.61 Å². The Morgan fingerprint density at radius 3 is 2.00 bits per heavy atom. The zero-order chi connectivity index (χ0) is 9.03. The molecule has 0 spiro atoms. The summed E-state index contributed by atoms with van der Waals surface area (Å²) in [6.07, 6.45) is 0. The zero-order valence-electron chi connectivity index (χ0n) is 12.3. The van der Waals surface area contributed by atoms with Gasteiger partial charge in [0.2, 0.25) is 0 Å². The predicted molar refractivity (Wildman–Crippen MR) is 46.6 cm³/mol. The van der Waals surface area contributed by atoms with E-state index >= 15 is 0 Å². The average molecular weight is 308 g/mol. The van der Waals surface area contributed by atoms with E-state index < -0.39 is 7.82 Å². The Morgan fingerprint density at radius 2 is 1.60 bits per heavy atom. The molecule has 0 aliphatic carbocycles. The van der Waals surface area contributed by atoms with Gasteiger partial charge in [-0.1, -0.05) is 30.3 Å². The molecule has 0 bridgehead atoms. The Bertz CT molecular complexity index is 301. The van der Waals surface area contributed by atoms with Crippen molar-refractivity contribution in [1.29, 1.82) is 0 Å². The molecule has 1 aromatic rings. The van der Waals surface area contributed by atoms with Crippen molar-refractivity contribution < 1.29 is 177 Å². The topological polar surface area (TPSA) is 66.8 Å². The summed E-state index contributed by atoms with van der Waals surface area (Å²) in [7, 11) is -4.33. The van der Waals surface area contributed by atoms with Gasteiger partial charge >= 0.3 is 162 Å². The van der Waals surface area contributed by atoms with Gasteiger partial charge in [0, 0.05) is 0 Å². The van der Waals surface area contributed by atoms with E-state index in [1.807, 2.05) is 6.07 Å². The van der Waals surface area contributed by atoms with Gasteiger partial charge < -0.3 is 14.1 Å². The summed E-state index contributed by atoms with van der Waals surface area (Å²) >= 11 is 0. The van der Waals surface area contributed by atoms with E-state index in [4.69, 9.17) is 9.79 Å². The van der Waals surface area contributed by atoms with E-state index in [1.165, 1.54) is 0 Å². The smallest absolute Gasteiger partial charge is 1.00 e. The number of hydrogen-bond donors (Lipinski definition) is 2. The molecule has 2 N–H and O–H groups in total. The minimum atomic E-state index is -4.33. The van der Waals surface area contributed by atoms with Crippen LogP contribution in [0.1, 0.15) is 9.84 Å². The number of phosphoric ester groups is 1. The standard InChI is InChI=1S/C7H9O4P.3K.3H/c8-12(9,10)11-6-7-4-2-1-3-5-7;;;;;;/h1-5H,6H2,(H2,8,9,10);;;;;;/q;3*+1;3*-1. The van der Waals surface area contributed by atoms with E-state index in [0.29, 0.717) is 0 Å². The fraction of sp³-hybridized carbons (Fsp3) is 0.143. The Kier molecular flexibility index (Phi) is 21.4. The van der Waals surface area contributed by atoms with Crippen molar-refractivity contribution in [3.05, 3.63) is 35.9 Å². The summed E-state index contributed by atoms with van der Waals surface area (Å²) in [4.78, 5) is 16.7. The van der Waals surface area contributed by atoms with Crippen LogP contribution in [0.4, 0.5) is 0 Å². The number of rotatable bonds is 3. The van der Waals surface area contributed by atoms with Gasteiger partial charge in [-0.25, -0.2) is 4.57 Å². The van der Waals surface area contributed by atoms with Crippen molar-refractivity contribution in [3.8, 4) is 0 Å². The Balaban J connectivity index is -0.0000000600. The molecular formula is C7H12K3O4P. The van der Waals surface area contributed by atoms with E-state index in [2.05, 4.69) is 4.52 Å². The molecule has 0 unspecified atom stereocenters. The summed E-state index contributed by atoms with van der Waals surface area (Å²) in [5.41, 5.74) is 0.737. The first-order valence-corrected chi connectivity index (χ1v) is 4.85. The minimum absolute atomic E-state index is 0. The van der Waals surface area contributed by atoms with Gasteiger partial charge in [-0.3, -0.25) is 4.52 Å². The molecule has 0 heterocycles. The minimum Gasteiger partial charge on any atom is -1.00 e. The van der Waals surface area contributed by atoms with Gasteiger partial charge in [0.15, 0.2) is 0 Å². The van der Waals surface area contributed by atoms with Gasteiger partial charge in [-0.2, -0.15) is 0 Å². The molecule has 0 aliphatic rings. The van der Waals surface area contributed by atoms with Crippen LogP contribution in [0.5, 0.6) is 0 Å². The summed E-state index contributed by atoms with van der Waals surface area (Å²) in [6, 6.07) is 8.84. The van der Waals surface area contributed by atoms with Crippen LogP contribution >= 0.6 is 7.82 Å². The Morgan fingerprint density at radius 1 is 1.13 bits per heavy atom. The first-order valence-electron chi connectivity index (χ1n) is 3.32. The molecule has 0 aliphatic heterocycles. The maximum absolute atomic E-state index is 10.3. The van der Waals surface area contributed by atoms with Crippen molar-refractivity contribution in [3.63, 3.8) is 0 Å². The molecule has 8 heteroatoms. The molecular weight excluding hydrogens is 296 g/mol. The van der Waals surface area contributed by atoms with Crippen LogP contribution in [0.3, 0.4) is 0 Å². The van der Waals surface area contributed by atoms with Crippen LogP contribution in [0.2, 0.25) is 0 Å². The maximum atomic E-state index is 10.3. The number of benzene rings is 1. The Hall–Kier alpha value is 4.24. The molecule has 0 fully saturated rings. The maximum Gasteiger partial charge on any atom is 1.00 e. The van der Waals surface area contributed by atoms with E-state index in [1.54, 1.807) is 24.3 Å². The summed E-state index contributed by atoms with van der Waals surface area (Å²) in [5, 5.41) is 0. The van der Waals surface area contributed by atoms with Gasteiger partial charge in [0.1, 0.15) is 0 Å². The fourth-order valence-corrected chi connectivity index (χ4v) is 1.05. The predicted octanol–water partition coefficient (Wildman–Crippen LogP) is -7.35. The average Bonchev–Trinajstić information content (AvgIpc) is 2.02. The van der Waals surface area contributed by atoms with Crippen LogP contribution in [0, 0.1) is 0 Å². The van der Waals surface area contributed by atoms with Crippen molar-refractivity contribution in [2.45, 2.75) is 6.61 Å². The van der Waals surface area contributed by atoms with Crippen molar-refractivity contribution >= 4 is 7.82 Å². The first-order chi connectivity index (χ1) is 5.58. The van der Waals surface area contributed by atoms with Gasteiger partial charge in [0.25, 0.3) is 0 Å². The molecule has 0 radical (unpaired) electrons. The first kappa shape index (κ1) is 24.3. The quantitative estimate of drug-likeness (QED) is 0.430. The third-order valence-corrected chi connectivity index (χ3v) is 1.71. The van der Waals surface area contributed by atoms with Crippen LogP contribution in [-0.4, -0.2) is 9.79 Å². The van der Waals surface area contributed by atoms with Gasteiger partial charge in [-0.15, -0.1) is 0 Å². The molecule has 0 aromatic heterocycles. The second-order valence-corrected chi connectivity index (χ2v) is 3.49. The zero-order valence-corrected chi connectivity index (χ0v) is 19.5. The largest absolute Gasteiger partial charge is 1.00 e. The molecule has 4 nitrogen and oxygen atoms in total. The van der Waals surface area contributed by atoms with Crippen molar-refractivity contribution in [2.75, 3.05) is 0 Å². The monoisotopic (exact) mass is 308 g/mol. The molecule has 1 rings (SSSR count). The molecule has 15 heavy (non-hydrogen) atoms. The number of phosphoric acid groups is 1. The third kappa shape index (κ3) is 14.5. The molecule has 0 amide bonds. The molecule has 0 saturated heterocycles. The fourth-order valence-electron chi connectivity index (χ4n) is 0.733. The number of hydrogen-bond acceptors (Lipinski definition) is 2. The van der Waals surface area contributed by atoms with Crippen molar-refractivity contribution in [2.24, 2.45) is 0 Å². The molecule has 72 valence electrons. The van der Waals surface area contributed by atoms with Crippen LogP contribution < -0.4 is 154 Å². The van der Waals surface area contributed by atoms with E-state index in [9.17, 15) is 4.57 Å². The molecule has 0 saturated carbocycles. The summed E-state index contributed by atoms with van der Waals surface area (Å²) < 4.78 is 14.6. The van der Waals surface area contributed by atoms with Gasteiger partial charge in [-0.05, 0) is 5.56 Å². The van der Waals surface area contributed by atoms with E-state index in [-0.39, 0.29) is 165 Å². The second-order valence-electron chi connectivity index (χ2n) is 2.25. The normalized spacial score (nSPS) is 9.20. The summed E-state index contributed by atoms with van der Waals surface area (Å²) in [5.74, 6) is 0.